The fourth-order valence-corrected chi connectivity index (χ4v) is 1.78. The van der Waals surface area contributed by atoms with Crippen LogP contribution < -0.4 is 0 Å². The molecule has 18 heavy (non-hydrogen) atoms. The molecule has 0 saturated heterocycles. The van der Waals surface area contributed by atoms with Gasteiger partial charge in [0.05, 0.1) is 12.7 Å². The van der Waals surface area contributed by atoms with Gasteiger partial charge >= 0.3 is 12.1 Å². The van der Waals surface area contributed by atoms with E-state index in [1.165, 1.54) is 0 Å². The molecule has 0 bridgehead atoms. The number of hydrogen-bond donors (Lipinski definition) is 0. The zero-order valence-corrected chi connectivity index (χ0v) is 10.3. The van der Waals surface area contributed by atoms with Crippen LogP contribution in [0.25, 0.3) is 0 Å². The molecule has 0 saturated carbocycles. The molecule has 0 aromatic carbocycles. The molecule has 0 amide bonds. The van der Waals surface area contributed by atoms with Crippen molar-refractivity contribution < 1.29 is 31.5 Å². The normalized spacial score (nSPS) is 11.8. The summed E-state index contributed by atoms with van der Waals surface area (Å²) in [6.45, 7) is 0. The fourth-order valence-electron chi connectivity index (χ4n) is 1.16. The number of nitrogens with zero attached hydrogens (tertiary/aromatic N) is 1. The van der Waals surface area contributed by atoms with Crippen LogP contribution in [0.15, 0.2) is 10.7 Å². The lowest BCUT2D eigenvalue weighted by molar-refractivity contribution is -0.141. The first-order valence-corrected chi connectivity index (χ1v) is 5.11. The van der Waals surface area contributed by atoms with Gasteiger partial charge in [0.15, 0.2) is 5.69 Å². The molecule has 0 fully saturated rings. The number of halogens is 6. The molecule has 1 aromatic rings. The van der Waals surface area contributed by atoms with Gasteiger partial charge in [0, 0.05) is 10.7 Å². The van der Waals surface area contributed by atoms with Gasteiger partial charge in [-0.15, -0.1) is 0 Å². The number of alkyl halides is 5. The maximum absolute atomic E-state index is 12.6. The Hall–Kier alpha value is -1.25. The number of ether oxygens (including phenoxy) is 1. The third-order valence-corrected chi connectivity index (χ3v) is 2.79. The molecule has 1 rings (SSSR count). The largest absolute Gasteiger partial charge is 0.465 e. The summed E-state index contributed by atoms with van der Waals surface area (Å²) in [5.74, 6) is -1.40. The van der Waals surface area contributed by atoms with Crippen molar-refractivity contribution >= 4 is 21.9 Å². The van der Waals surface area contributed by atoms with Gasteiger partial charge in [-0.2, -0.15) is 13.2 Å². The highest BCUT2D eigenvalue weighted by Crippen LogP contribution is 2.37. The minimum Gasteiger partial charge on any atom is -0.465 e. The van der Waals surface area contributed by atoms with Gasteiger partial charge in [-0.05, 0) is 15.9 Å². The van der Waals surface area contributed by atoms with Crippen LogP contribution in [0.3, 0.4) is 0 Å². The van der Waals surface area contributed by atoms with E-state index in [-0.39, 0.29) is 0 Å². The second-order valence-electron chi connectivity index (χ2n) is 3.04. The Balaban J connectivity index is 3.57. The number of carbonyl (C=O) groups is 1. The Morgan fingerprint density at radius 3 is 2.39 bits per heavy atom. The Kier molecular flexibility index (Phi) is 4.25. The first-order chi connectivity index (χ1) is 8.20. The van der Waals surface area contributed by atoms with Crippen LogP contribution in [0.2, 0.25) is 0 Å². The molecule has 0 spiro atoms. The van der Waals surface area contributed by atoms with Gasteiger partial charge in [0.2, 0.25) is 0 Å². The number of methoxy groups -OCH3 is 1. The van der Waals surface area contributed by atoms with Crippen molar-refractivity contribution in [3.05, 3.63) is 27.5 Å². The first-order valence-electron chi connectivity index (χ1n) is 4.32. The number of pyridine rings is 1. The molecular weight excluding hydrogens is 329 g/mol. The van der Waals surface area contributed by atoms with Crippen molar-refractivity contribution in [2.45, 2.75) is 12.6 Å². The van der Waals surface area contributed by atoms with Crippen LogP contribution in [-0.2, 0) is 10.9 Å². The molecule has 1 aromatic heterocycles. The molecule has 0 unspecified atom stereocenters. The lowest BCUT2D eigenvalue weighted by atomic mass is 10.1. The Bertz CT molecular complexity index is 475. The van der Waals surface area contributed by atoms with Gasteiger partial charge in [0.1, 0.15) is 5.56 Å². The van der Waals surface area contributed by atoms with Crippen LogP contribution in [0.1, 0.15) is 28.0 Å². The summed E-state index contributed by atoms with van der Waals surface area (Å²) in [5.41, 5.74) is -3.46. The summed E-state index contributed by atoms with van der Waals surface area (Å²) in [6.07, 6.45) is -7.66. The van der Waals surface area contributed by atoms with E-state index >= 15 is 0 Å². The smallest absolute Gasteiger partial charge is 0.434 e. The highest BCUT2D eigenvalue weighted by Gasteiger charge is 2.40. The van der Waals surface area contributed by atoms with E-state index in [4.69, 9.17) is 0 Å². The molecule has 0 radical (unpaired) electrons. The third kappa shape index (κ3) is 2.77. The van der Waals surface area contributed by atoms with Crippen molar-refractivity contribution in [1.82, 2.24) is 4.98 Å². The molecule has 0 N–H and O–H groups in total. The van der Waals surface area contributed by atoms with Gasteiger partial charge in [-0.25, -0.2) is 13.6 Å². The lowest BCUT2D eigenvalue weighted by Crippen LogP contribution is -2.18. The zero-order chi connectivity index (χ0) is 14.1. The van der Waals surface area contributed by atoms with E-state index in [9.17, 15) is 26.7 Å². The molecular formula is C9H5BrF5NO2. The summed E-state index contributed by atoms with van der Waals surface area (Å²) in [7, 11) is 0.837. The van der Waals surface area contributed by atoms with Crippen molar-refractivity contribution in [3.8, 4) is 0 Å². The average molecular weight is 334 g/mol. The Morgan fingerprint density at radius 1 is 1.44 bits per heavy atom. The SMILES string of the molecule is COC(=O)c1c(C(F)(F)F)ncc(C(F)F)c1Br. The molecule has 9 heteroatoms. The first kappa shape index (κ1) is 14.8. The van der Waals surface area contributed by atoms with E-state index in [2.05, 4.69) is 25.7 Å². The Morgan fingerprint density at radius 2 is 2.00 bits per heavy atom. The van der Waals surface area contributed by atoms with Crippen molar-refractivity contribution in [2.24, 2.45) is 0 Å². The van der Waals surface area contributed by atoms with Crippen molar-refractivity contribution in [1.29, 1.82) is 0 Å². The minimum absolute atomic E-state index is 0.365. The van der Waals surface area contributed by atoms with E-state index in [0.29, 0.717) is 6.20 Å². The number of carbonyl (C=O) groups excluding carboxylic acids is 1. The number of aromatic nitrogens is 1. The standard InChI is InChI=1S/C9H5BrF5NO2/c1-18-8(17)4-5(10)3(7(11)12)2-16-6(4)9(13,14)15/h2,7H,1H3. The second kappa shape index (κ2) is 5.17. The van der Waals surface area contributed by atoms with E-state index in [1.807, 2.05) is 0 Å². The minimum atomic E-state index is -4.95. The summed E-state index contributed by atoms with van der Waals surface area (Å²) in [5, 5.41) is 0. The highest BCUT2D eigenvalue weighted by atomic mass is 79.9. The molecule has 0 aliphatic heterocycles. The summed E-state index contributed by atoms with van der Waals surface area (Å²) >= 11 is 2.55. The van der Waals surface area contributed by atoms with Gasteiger partial charge in [0.25, 0.3) is 6.43 Å². The lowest BCUT2D eigenvalue weighted by Gasteiger charge is -2.14. The van der Waals surface area contributed by atoms with E-state index < -0.39 is 39.9 Å². The topological polar surface area (TPSA) is 39.2 Å². The van der Waals surface area contributed by atoms with E-state index in [0.717, 1.165) is 7.11 Å². The third-order valence-electron chi connectivity index (χ3n) is 1.94. The van der Waals surface area contributed by atoms with Crippen LogP contribution in [-0.4, -0.2) is 18.1 Å². The quantitative estimate of drug-likeness (QED) is 0.613. The average Bonchev–Trinajstić information content (AvgIpc) is 2.25. The monoisotopic (exact) mass is 333 g/mol. The molecule has 0 aliphatic carbocycles. The number of rotatable bonds is 2. The molecule has 100 valence electrons. The zero-order valence-electron chi connectivity index (χ0n) is 8.69. The number of esters is 1. The maximum atomic E-state index is 12.6. The molecule has 3 nitrogen and oxygen atoms in total. The number of hydrogen-bond acceptors (Lipinski definition) is 3. The maximum Gasteiger partial charge on any atom is 0.434 e. The van der Waals surface area contributed by atoms with Crippen LogP contribution in [0.4, 0.5) is 22.0 Å². The van der Waals surface area contributed by atoms with Crippen LogP contribution >= 0.6 is 15.9 Å². The molecule has 0 aliphatic rings. The predicted molar refractivity (Wildman–Crippen MR) is 53.2 cm³/mol. The van der Waals surface area contributed by atoms with E-state index in [1.54, 1.807) is 0 Å². The van der Waals surface area contributed by atoms with Crippen molar-refractivity contribution in [2.75, 3.05) is 7.11 Å². The van der Waals surface area contributed by atoms with Gasteiger partial charge in [-0.3, -0.25) is 4.98 Å². The van der Waals surface area contributed by atoms with Crippen LogP contribution in [0, 0.1) is 0 Å². The fraction of sp³-hybridized carbons (Fsp3) is 0.333. The second-order valence-corrected chi connectivity index (χ2v) is 3.83. The highest BCUT2D eigenvalue weighted by molar-refractivity contribution is 9.10. The summed E-state index contributed by atoms with van der Waals surface area (Å²) in [6, 6.07) is 0. The van der Waals surface area contributed by atoms with Gasteiger partial charge < -0.3 is 4.74 Å². The Labute approximate surface area is 106 Å². The van der Waals surface area contributed by atoms with Crippen molar-refractivity contribution in [3.63, 3.8) is 0 Å². The molecule has 0 atom stereocenters. The van der Waals surface area contributed by atoms with Crippen LogP contribution in [0.5, 0.6) is 0 Å². The molecule has 1 heterocycles. The predicted octanol–water partition coefficient (Wildman–Crippen LogP) is 3.59. The summed E-state index contributed by atoms with van der Waals surface area (Å²) in [4.78, 5) is 14.1. The summed E-state index contributed by atoms with van der Waals surface area (Å²) < 4.78 is 66.2. The van der Waals surface area contributed by atoms with Gasteiger partial charge in [-0.1, -0.05) is 0 Å².